The largest absolute Gasteiger partial charge is 0.497 e. The van der Waals surface area contributed by atoms with Gasteiger partial charge in [-0.1, -0.05) is 30.3 Å². The molecule has 0 radical (unpaired) electrons. The third kappa shape index (κ3) is 4.13. The predicted molar refractivity (Wildman–Crippen MR) is 121 cm³/mol. The van der Waals surface area contributed by atoms with Gasteiger partial charge in [0, 0.05) is 37.7 Å². The van der Waals surface area contributed by atoms with Gasteiger partial charge in [-0.25, -0.2) is 4.98 Å². The Balaban J connectivity index is 1.28. The molecule has 1 amide bonds. The van der Waals surface area contributed by atoms with E-state index in [1.54, 1.807) is 13.3 Å². The number of amides is 1. The average molecular weight is 433 g/mol. The number of aromatic nitrogens is 2. The van der Waals surface area contributed by atoms with E-state index >= 15 is 0 Å². The van der Waals surface area contributed by atoms with Crippen LogP contribution in [-0.4, -0.2) is 46.7 Å². The van der Waals surface area contributed by atoms with Gasteiger partial charge in [0.25, 0.3) is 5.91 Å². The van der Waals surface area contributed by atoms with Gasteiger partial charge >= 0.3 is 0 Å². The lowest BCUT2D eigenvalue weighted by molar-refractivity contribution is -0.170. The van der Waals surface area contributed by atoms with E-state index in [0.29, 0.717) is 6.54 Å². The Morgan fingerprint density at radius 2 is 1.91 bits per heavy atom. The maximum absolute atomic E-state index is 13.1. The molecule has 1 N–H and O–H groups in total. The normalized spacial score (nSPS) is 20.0. The first-order chi connectivity index (χ1) is 15.6. The van der Waals surface area contributed by atoms with E-state index in [9.17, 15) is 4.79 Å². The summed E-state index contributed by atoms with van der Waals surface area (Å²) < 4.78 is 13.8. The van der Waals surface area contributed by atoms with Crippen LogP contribution in [0.3, 0.4) is 0 Å². The zero-order valence-corrected chi connectivity index (χ0v) is 18.2. The van der Waals surface area contributed by atoms with E-state index in [1.165, 1.54) is 5.56 Å². The van der Waals surface area contributed by atoms with Gasteiger partial charge in [-0.2, -0.15) is 0 Å². The number of likely N-dealkylation sites (tertiary alicyclic amines) is 1. The number of anilines is 1. The molecule has 2 aliphatic heterocycles. The topological polar surface area (TPSA) is 68.6 Å². The molecule has 1 aromatic heterocycles. The molecule has 0 unspecified atom stereocenters. The number of benzene rings is 2. The van der Waals surface area contributed by atoms with Crippen molar-refractivity contribution >= 4 is 11.6 Å². The fraction of sp³-hybridized carbons (Fsp3) is 0.360. The quantitative estimate of drug-likeness (QED) is 0.669. The number of methoxy groups -OCH3 is 1. The van der Waals surface area contributed by atoms with Gasteiger partial charge in [0.2, 0.25) is 0 Å². The molecule has 2 aromatic carbocycles. The van der Waals surface area contributed by atoms with Crippen LogP contribution in [0.15, 0.2) is 67.0 Å². The van der Waals surface area contributed by atoms with Crippen LogP contribution in [-0.2, 0) is 28.2 Å². The van der Waals surface area contributed by atoms with Gasteiger partial charge in [-0.15, -0.1) is 0 Å². The number of rotatable bonds is 5. The van der Waals surface area contributed by atoms with Crippen molar-refractivity contribution in [1.82, 2.24) is 14.5 Å². The smallest absolute Gasteiger partial charge is 0.255 e. The van der Waals surface area contributed by atoms with E-state index in [0.717, 1.165) is 49.7 Å². The summed E-state index contributed by atoms with van der Waals surface area (Å²) in [7, 11) is 1.62. The molecular weight excluding hydrogens is 404 g/mol. The van der Waals surface area contributed by atoms with E-state index in [-0.39, 0.29) is 5.91 Å². The summed E-state index contributed by atoms with van der Waals surface area (Å²) in [5.41, 5.74) is 1.51. The minimum absolute atomic E-state index is 0.138. The Kier molecular flexibility index (Phi) is 5.68. The molecule has 7 nitrogen and oxygen atoms in total. The molecule has 1 atom stereocenters. The Bertz CT molecular complexity index is 1060. The van der Waals surface area contributed by atoms with E-state index in [2.05, 4.69) is 44.0 Å². The first-order valence-corrected chi connectivity index (χ1v) is 11.1. The summed E-state index contributed by atoms with van der Waals surface area (Å²) in [5.74, 6) is 1.55. The van der Waals surface area contributed by atoms with Crippen LogP contribution in [0.4, 0.5) is 5.69 Å². The van der Waals surface area contributed by atoms with Crippen molar-refractivity contribution < 1.29 is 14.3 Å². The lowest BCUT2D eigenvalue weighted by Gasteiger charge is -2.45. The van der Waals surface area contributed by atoms with Gasteiger partial charge < -0.3 is 19.4 Å². The summed E-state index contributed by atoms with van der Waals surface area (Å²) in [5, 5.41) is 2.99. The molecular formula is C25H28N4O3. The van der Waals surface area contributed by atoms with Crippen LogP contribution in [0, 0.1) is 0 Å². The van der Waals surface area contributed by atoms with Crippen molar-refractivity contribution in [3.8, 4) is 5.75 Å². The van der Waals surface area contributed by atoms with Crippen LogP contribution >= 0.6 is 0 Å². The molecule has 2 aliphatic rings. The highest BCUT2D eigenvalue weighted by Crippen LogP contribution is 2.40. The lowest BCUT2D eigenvalue weighted by Crippen LogP contribution is -2.53. The first kappa shape index (κ1) is 20.7. The molecule has 1 spiro atoms. The summed E-state index contributed by atoms with van der Waals surface area (Å²) in [6.07, 6.45) is 4.80. The summed E-state index contributed by atoms with van der Waals surface area (Å²) in [6.45, 7) is 3.18. The number of nitrogens with one attached hydrogen (secondary N) is 1. The predicted octanol–water partition coefficient (Wildman–Crippen LogP) is 3.42. The first-order valence-electron chi connectivity index (χ1n) is 11.1. The van der Waals surface area contributed by atoms with Crippen LogP contribution in [0.2, 0.25) is 0 Å². The standard InChI is InChI=1S/C25H28N4O3/c1-31-21-9-7-20(8-10-21)27-23(30)22-18-29-16-13-26-24(29)25(32-22)11-14-28(15-12-25)17-19-5-3-2-4-6-19/h2-10,13,16,22H,11-12,14-15,17-18H2,1H3,(H,27,30)/t22-/m0/s1. The number of carbonyl (C=O) groups is 1. The van der Waals surface area contributed by atoms with Crippen LogP contribution < -0.4 is 10.1 Å². The molecule has 0 saturated carbocycles. The Morgan fingerprint density at radius 1 is 1.16 bits per heavy atom. The fourth-order valence-electron chi connectivity index (χ4n) is 4.69. The summed E-state index contributed by atoms with van der Waals surface area (Å²) in [4.78, 5) is 20.1. The number of hydrogen-bond donors (Lipinski definition) is 1. The second-order valence-corrected chi connectivity index (χ2v) is 8.48. The maximum atomic E-state index is 13.1. The number of imidazole rings is 1. The van der Waals surface area contributed by atoms with E-state index in [1.807, 2.05) is 36.5 Å². The maximum Gasteiger partial charge on any atom is 0.255 e. The van der Waals surface area contributed by atoms with Gasteiger partial charge in [0.15, 0.2) is 6.10 Å². The number of carbonyl (C=O) groups excluding carboxylic acids is 1. The second kappa shape index (κ2) is 8.76. The third-order valence-corrected chi connectivity index (χ3v) is 6.42. The zero-order chi connectivity index (χ0) is 22.0. The van der Waals surface area contributed by atoms with Crippen molar-refractivity contribution in [3.05, 3.63) is 78.4 Å². The molecule has 0 bridgehead atoms. The minimum Gasteiger partial charge on any atom is -0.497 e. The van der Waals surface area contributed by atoms with Gasteiger partial charge in [0.05, 0.1) is 13.7 Å². The second-order valence-electron chi connectivity index (χ2n) is 8.48. The van der Waals surface area contributed by atoms with Crippen LogP contribution in [0.5, 0.6) is 5.75 Å². The molecule has 7 heteroatoms. The van der Waals surface area contributed by atoms with Crippen molar-refractivity contribution in [2.75, 3.05) is 25.5 Å². The van der Waals surface area contributed by atoms with Gasteiger partial charge in [0.1, 0.15) is 17.2 Å². The molecule has 3 aromatic rings. The Morgan fingerprint density at radius 3 is 2.62 bits per heavy atom. The molecule has 0 aliphatic carbocycles. The third-order valence-electron chi connectivity index (χ3n) is 6.42. The van der Waals surface area contributed by atoms with Crippen LogP contribution in [0.1, 0.15) is 24.2 Å². The Hall–Kier alpha value is -3.16. The highest BCUT2D eigenvalue weighted by molar-refractivity contribution is 5.94. The van der Waals surface area contributed by atoms with Crippen LogP contribution in [0.25, 0.3) is 0 Å². The molecule has 5 rings (SSSR count). The molecule has 3 heterocycles. The minimum atomic E-state index is -0.570. The number of nitrogens with zero attached hydrogens (tertiary/aromatic N) is 3. The van der Waals surface area contributed by atoms with Crippen molar-refractivity contribution in [1.29, 1.82) is 0 Å². The number of hydrogen-bond acceptors (Lipinski definition) is 5. The van der Waals surface area contributed by atoms with E-state index < -0.39 is 11.7 Å². The number of ether oxygens (including phenoxy) is 2. The van der Waals surface area contributed by atoms with Crippen molar-refractivity contribution in [3.63, 3.8) is 0 Å². The highest BCUT2D eigenvalue weighted by Gasteiger charge is 2.47. The van der Waals surface area contributed by atoms with Gasteiger partial charge in [-0.05, 0) is 42.7 Å². The van der Waals surface area contributed by atoms with Crippen molar-refractivity contribution in [2.24, 2.45) is 0 Å². The molecule has 1 saturated heterocycles. The fourth-order valence-corrected chi connectivity index (χ4v) is 4.69. The van der Waals surface area contributed by atoms with Crippen molar-refractivity contribution in [2.45, 2.75) is 37.6 Å². The average Bonchev–Trinajstić information content (AvgIpc) is 3.32. The summed E-state index contributed by atoms with van der Waals surface area (Å²) >= 11 is 0. The molecule has 32 heavy (non-hydrogen) atoms. The Labute approximate surface area is 188 Å². The molecule has 1 fully saturated rings. The number of piperidine rings is 1. The molecule has 166 valence electrons. The lowest BCUT2D eigenvalue weighted by atomic mass is 9.88. The summed E-state index contributed by atoms with van der Waals surface area (Å²) in [6, 6.07) is 17.8. The monoisotopic (exact) mass is 432 g/mol. The highest BCUT2D eigenvalue weighted by atomic mass is 16.5. The van der Waals surface area contributed by atoms with Gasteiger partial charge in [-0.3, -0.25) is 9.69 Å². The SMILES string of the molecule is COc1ccc(NC(=O)[C@@H]2Cn3ccnc3C3(CCN(Cc4ccccc4)CC3)O2)cc1. The van der Waals surface area contributed by atoms with E-state index in [4.69, 9.17) is 9.47 Å². The zero-order valence-electron chi connectivity index (χ0n) is 18.2. The number of fused-ring (bicyclic) bond motifs is 2.